The average Bonchev–Trinajstić information content (AvgIpc) is 3.24. The Labute approximate surface area is 145 Å². The lowest BCUT2D eigenvalue weighted by Gasteiger charge is -2.38. The molecule has 0 radical (unpaired) electrons. The molecule has 3 rings (SSSR count). The van der Waals surface area contributed by atoms with Crippen molar-refractivity contribution < 1.29 is 9.59 Å². The molecule has 1 aliphatic heterocycles. The van der Waals surface area contributed by atoms with Gasteiger partial charge >= 0.3 is 0 Å². The van der Waals surface area contributed by atoms with Gasteiger partial charge < -0.3 is 9.80 Å². The number of amides is 2. The van der Waals surface area contributed by atoms with E-state index >= 15 is 0 Å². The molecule has 0 unspecified atom stereocenters. The van der Waals surface area contributed by atoms with Gasteiger partial charge in [0.15, 0.2) is 5.54 Å². The lowest BCUT2D eigenvalue weighted by Crippen LogP contribution is -2.55. The Morgan fingerprint density at radius 1 is 1.38 bits per heavy atom. The maximum absolute atomic E-state index is 13.1. The quantitative estimate of drug-likeness (QED) is 0.846. The van der Waals surface area contributed by atoms with E-state index in [0.29, 0.717) is 25.1 Å². The van der Waals surface area contributed by atoms with Gasteiger partial charge in [-0.25, -0.2) is 0 Å². The molecule has 2 aromatic heterocycles. The second-order valence-corrected chi connectivity index (χ2v) is 6.89. The molecule has 2 aromatic rings. The Balaban J connectivity index is 2.00. The number of hydrogen-bond donors (Lipinski definition) is 0. The molecular weight excluding hydrogens is 324 g/mol. The Morgan fingerprint density at radius 2 is 2.21 bits per heavy atom. The molecule has 0 aliphatic carbocycles. The van der Waals surface area contributed by atoms with Crippen LogP contribution < -0.4 is 0 Å². The summed E-state index contributed by atoms with van der Waals surface area (Å²) in [5.41, 5.74) is 0.465. The van der Waals surface area contributed by atoms with Gasteiger partial charge in [0.1, 0.15) is 0 Å². The Morgan fingerprint density at radius 3 is 2.83 bits per heavy atom. The molecule has 0 aromatic carbocycles. The number of likely N-dealkylation sites (tertiary alicyclic amines) is 1. The molecule has 0 bridgehead atoms. The minimum atomic E-state index is -1.05. The Kier molecular flexibility index (Phi) is 4.62. The van der Waals surface area contributed by atoms with Crippen LogP contribution in [-0.2, 0) is 21.5 Å². The zero-order valence-electron chi connectivity index (χ0n) is 13.8. The van der Waals surface area contributed by atoms with E-state index in [0.717, 1.165) is 12.0 Å². The van der Waals surface area contributed by atoms with Gasteiger partial charge in [0, 0.05) is 33.0 Å². The lowest BCUT2D eigenvalue weighted by molar-refractivity contribution is -0.150. The van der Waals surface area contributed by atoms with Gasteiger partial charge in [-0.3, -0.25) is 19.6 Å². The number of carbonyl (C=O) groups excluding carboxylic acids is 2. The molecule has 1 fully saturated rings. The van der Waals surface area contributed by atoms with Crippen molar-refractivity contribution in [2.45, 2.75) is 24.8 Å². The third kappa shape index (κ3) is 2.80. The number of rotatable bonds is 4. The first-order chi connectivity index (χ1) is 11.6. The van der Waals surface area contributed by atoms with Gasteiger partial charge in [0.05, 0.1) is 18.3 Å². The monoisotopic (exact) mass is 344 g/mol. The zero-order valence-corrected chi connectivity index (χ0v) is 14.6. The van der Waals surface area contributed by atoms with E-state index in [1.54, 1.807) is 48.9 Å². The number of aromatic nitrogens is 2. The predicted molar refractivity (Wildman–Crippen MR) is 91.4 cm³/mol. The molecule has 0 saturated carbocycles. The van der Waals surface area contributed by atoms with Crippen LogP contribution in [0.25, 0.3) is 0 Å². The van der Waals surface area contributed by atoms with Crippen molar-refractivity contribution in [3.63, 3.8) is 0 Å². The summed E-state index contributed by atoms with van der Waals surface area (Å²) in [6.07, 6.45) is 6.37. The molecule has 0 N–H and O–H groups in total. The van der Waals surface area contributed by atoms with Gasteiger partial charge in [-0.15, -0.1) is 0 Å². The van der Waals surface area contributed by atoms with Crippen molar-refractivity contribution in [2.75, 3.05) is 20.6 Å². The third-order valence-corrected chi connectivity index (χ3v) is 5.10. The highest BCUT2D eigenvalue weighted by molar-refractivity contribution is 7.08. The summed E-state index contributed by atoms with van der Waals surface area (Å²) in [5.74, 6) is -0.175. The second kappa shape index (κ2) is 6.68. The van der Waals surface area contributed by atoms with Gasteiger partial charge in [0.2, 0.25) is 5.91 Å². The summed E-state index contributed by atoms with van der Waals surface area (Å²) in [5, 5.41) is 3.92. The van der Waals surface area contributed by atoms with E-state index in [1.807, 2.05) is 16.8 Å². The van der Waals surface area contributed by atoms with E-state index in [-0.39, 0.29) is 11.8 Å². The molecule has 7 heteroatoms. The Hall–Kier alpha value is -2.28. The van der Waals surface area contributed by atoms with Crippen LogP contribution in [0.5, 0.6) is 0 Å². The van der Waals surface area contributed by atoms with Crippen molar-refractivity contribution in [1.82, 2.24) is 19.8 Å². The van der Waals surface area contributed by atoms with Gasteiger partial charge in [-0.05, 0) is 35.2 Å². The van der Waals surface area contributed by atoms with E-state index in [1.165, 1.54) is 4.90 Å². The number of hydrogen-bond acceptors (Lipinski definition) is 5. The van der Waals surface area contributed by atoms with Gasteiger partial charge in [0.25, 0.3) is 5.91 Å². The van der Waals surface area contributed by atoms with Crippen LogP contribution in [0, 0.1) is 0 Å². The smallest absolute Gasteiger partial charge is 0.254 e. The molecule has 6 nitrogen and oxygen atoms in total. The first-order valence-corrected chi connectivity index (χ1v) is 8.80. The van der Waals surface area contributed by atoms with Gasteiger partial charge in [-0.2, -0.15) is 11.3 Å². The van der Waals surface area contributed by atoms with Crippen molar-refractivity contribution in [3.05, 3.63) is 46.7 Å². The maximum atomic E-state index is 13.1. The molecule has 0 spiro atoms. The molecule has 1 atom stereocenters. The van der Waals surface area contributed by atoms with Crippen molar-refractivity contribution >= 4 is 23.2 Å². The summed E-state index contributed by atoms with van der Waals surface area (Å²) in [4.78, 5) is 37.7. The van der Waals surface area contributed by atoms with Gasteiger partial charge in [-0.1, -0.05) is 0 Å². The largest absolute Gasteiger partial charge is 0.346 e. The SMILES string of the molecule is CN(C)C(=O)[C@]1(c2cnccn2)CCCN1C(=O)Cc1ccsc1. The summed E-state index contributed by atoms with van der Waals surface area (Å²) in [6, 6.07) is 1.94. The van der Waals surface area contributed by atoms with Crippen molar-refractivity contribution in [3.8, 4) is 0 Å². The molecule has 126 valence electrons. The molecule has 24 heavy (non-hydrogen) atoms. The number of likely N-dealkylation sites (N-methyl/N-ethyl adjacent to an activating group) is 1. The molecule has 1 aliphatic rings. The number of thiophene rings is 1. The maximum Gasteiger partial charge on any atom is 0.254 e. The summed E-state index contributed by atoms with van der Waals surface area (Å²) in [6.45, 7) is 0.555. The normalized spacial score (nSPS) is 20.2. The molecular formula is C17H20N4O2S. The third-order valence-electron chi connectivity index (χ3n) is 4.36. The molecule has 2 amide bonds. The molecule has 3 heterocycles. The minimum absolute atomic E-state index is 0.0493. The predicted octanol–water partition coefficient (Wildman–Crippen LogP) is 1.69. The first kappa shape index (κ1) is 16.6. The Bertz CT molecular complexity index is 717. The topological polar surface area (TPSA) is 66.4 Å². The van der Waals surface area contributed by atoms with E-state index in [2.05, 4.69) is 9.97 Å². The minimum Gasteiger partial charge on any atom is -0.346 e. The fourth-order valence-electron chi connectivity index (χ4n) is 3.30. The lowest BCUT2D eigenvalue weighted by atomic mass is 9.90. The van der Waals surface area contributed by atoms with Crippen molar-refractivity contribution in [1.29, 1.82) is 0 Å². The highest BCUT2D eigenvalue weighted by Gasteiger charge is 2.52. The van der Waals surface area contributed by atoms with Crippen molar-refractivity contribution in [2.24, 2.45) is 0 Å². The molecule has 1 saturated heterocycles. The van der Waals surface area contributed by atoms with Crippen LogP contribution in [0.4, 0.5) is 0 Å². The first-order valence-electron chi connectivity index (χ1n) is 7.85. The van der Waals surface area contributed by atoms with Crippen LogP contribution in [0.15, 0.2) is 35.4 Å². The highest BCUT2D eigenvalue weighted by Crippen LogP contribution is 2.39. The van der Waals surface area contributed by atoms with Crippen LogP contribution in [-0.4, -0.2) is 52.2 Å². The summed E-state index contributed by atoms with van der Waals surface area (Å²) in [7, 11) is 3.42. The average molecular weight is 344 g/mol. The van der Waals surface area contributed by atoms with Crippen LogP contribution >= 0.6 is 11.3 Å². The van der Waals surface area contributed by atoms with Crippen LogP contribution in [0.1, 0.15) is 24.1 Å². The van der Waals surface area contributed by atoms with E-state index in [9.17, 15) is 9.59 Å². The second-order valence-electron chi connectivity index (χ2n) is 6.11. The standard InChI is InChI=1S/C17H20N4O2S/c1-20(2)16(23)17(14-11-18-6-7-19-14)5-3-8-21(17)15(22)10-13-4-9-24-12-13/h4,6-7,9,11-12H,3,5,8,10H2,1-2H3/t17-/m1/s1. The van der Waals surface area contributed by atoms with E-state index < -0.39 is 5.54 Å². The van der Waals surface area contributed by atoms with Crippen LogP contribution in [0.3, 0.4) is 0 Å². The summed E-state index contributed by atoms with van der Waals surface area (Å²) < 4.78 is 0. The fraction of sp³-hybridized carbons (Fsp3) is 0.412. The summed E-state index contributed by atoms with van der Waals surface area (Å²) >= 11 is 1.56. The number of nitrogens with zero attached hydrogens (tertiary/aromatic N) is 4. The zero-order chi connectivity index (χ0) is 17.2. The van der Waals surface area contributed by atoms with E-state index in [4.69, 9.17) is 0 Å². The fourth-order valence-corrected chi connectivity index (χ4v) is 3.97. The number of carbonyl (C=O) groups is 2. The van der Waals surface area contributed by atoms with Crippen LogP contribution in [0.2, 0.25) is 0 Å². The highest BCUT2D eigenvalue weighted by atomic mass is 32.1.